The first kappa shape index (κ1) is 30.7. The molecule has 1 aromatic heterocycles. The highest BCUT2D eigenvalue weighted by atomic mass is 35.5. The molecule has 1 aromatic carbocycles. The average Bonchev–Trinajstić information content (AvgIpc) is 3.56. The van der Waals surface area contributed by atoms with Crippen LogP contribution < -0.4 is 15.4 Å². The van der Waals surface area contributed by atoms with Gasteiger partial charge in [-0.2, -0.15) is 23.1 Å². The number of nitrogens with zero attached hydrogens (tertiary/aromatic N) is 4. The van der Waals surface area contributed by atoms with Crippen molar-refractivity contribution >= 4 is 23.1 Å². The smallest absolute Gasteiger partial charge is 0.418 e. The van der Waals surface area contributed by atoms with Gasteiger partial charge in [-0.05, 0) is 56.2 Å². The Morgan fingerprint density at radius 2 is 1.93 bits per heavy atom. The molecule has 0 radical (unpaired) electrons. The van der Waals surface area contributed by atoms with Gasteiger partial charge in [-0.15, -0.1) is 0 Å². The fourth-order valence-corrected chi connectivity index (χ4v) is 6.77. The number of rotatable bonds is 3. The van der Waals surface area contributed by atoms with Crippen molar-refractivity contribution in [2.75, 3.05) is 43.9 Å². The predicted molar refractivity (Wildman–Crippen MR) is 150 cm³/mol. The first-order valence-corrected chi connectivity index (χ1v) is 14.5. The summed E-state index contributed by atoms with van der Waals surface area (Å²) in [5.41, 5.74) is 5.22. The summed E-state index contributed by atoms with van der Waals surface area (Å²) in [6.07, 6.45) is 0.194. The molecule has 5 heterocycles. The molecule has 4 aliphatic heterocycles. The van der Waals surface area contributed by atoms with Crippen molar-refractivity contribution in [3.63, 3.8) is 0 Å². The highest BCUT2D eigenvalue weighted by Crippen LogP contribution is 2.46. The molecule has 0 aliphatic carbocycles. The van der Waals surface area contributed by atoms with Crippen molar-refractivity contribution in [1.82, 2.24) is 14.9 Å². The summed E-state index contributed by atoms with van der Waals surface area (Å²) >= 11 is 5.82. The summed E-state index contributed by atoms with van der Waals surface area (Å²) in [5.74, 6) is -0.0873. The molecule has 4 aliphatic rings. The number of ether oxygens (including phenoxy) is 2. The molecule has 6 rings (SSSR count). The summed E-state index contributed by atoms with van der Waals surface area (Å²) < 4.78 is 79.1. The van der Waals surface area contributed by atoms with Crippen LogP contribution in [0.3, 0.4) is 0 Å². The van der Waals surface area contributed by atoms with Crippen molar-refractivity contribution in [3.05, 3.63) is 51.2 Å². The number of hydrogen-bond donors (Lipinski definition) is 1. The SMILES string of the molecule is COc1nc2c(c(N3CCCC(C)C3)n1)COC(c1c(F)c(N)cc(Cl)c1C(F)(F)F)C2.F/C=C1/CC2CCCN2C1. The van der Waals surface area contributed by atoms with Crippen LogP contribution in [0, 0.1) is 11.7 Å². The van der Waals surface area contributed by atoms with E-state index in [4.69, 9.17) is 26.8 Å². The van der Waals surface area contributed by atoms with Crippen LogP contribution in [0.25, 0.3) is 0 Å². The van der Waals surface area contributed by atoms with Crippen LogP contribution in [-0.4, -0.2) is 54.2 Å². The number of halogens is 6. The van der Waals surface area contributed by atoms with Crippen molar-refractivity contribution in [2.24, 2.45) is 5.92 Å². The lowest BCUT2D eigenvalue weighted by molar-refractivity contribution is -0.140. The minimum Gasteiger partial charge on any atom is -0.467 e. The van der Waals surface area contributed by atoms with Gasteiger partial charge in [0.05, 0.1) is 48.1 Å². The lowest BCUT2D eigenvalue weighted by atomic mass is 9.93. The first-order chi connectivity index (χ1) is 20.0. The first-order valence-electron chi connectivity index (χ1n) is 14.2. The molecule has 42 heavy (non-hydrogen) atoms. The standard InChI is InChI=1S/C21H23ClF4N4O2.C8H12FN/c1-10-4-3-5-30(8-10)19-11-9-32-15(7-14(11)28-20(29-19)31-2)16-17(21(24,25)26)12(22)6-13(27)18(16)23;9-5-7-4-8-2-1-3-10(8)6-7/h6,10,15H,3-5,7-9,27H2,1-2H3;5,8H,1-4,6H2/b;7-5-. The molecule has 0 bridgehead atoms. The highest BCUT2D eigenvalue weighted by molar-refractivity contribution is 6.31. The van der Waals surface area contributed by atoms with E-state index < -0.39 is 39.9 Å². The third kappa shape index (κ3) is 6.30. The van der Waals surface area contributed by atoms with Crippen molar-refractivity contribution < 1.29 is 31.4 Å². The van der Waals surface area contributed by atoms with Gasteiger partial charge >= 0.3 is 12.2 Å². The lowest BCUT2D eigenvalue weighted by Gasteiger charge is -2.35. The molecule has 230 valence electrons. The van der Waals surface area contributed by atoms with E-state index in [2.05, 4.69) is 26.7 Å². The van der Waals surface area contributed by atoms with Gasteiger partial charge in [0.1, 0.15) is 5.82 Å². The van der Waals surface area contributed by atoms with Crippen LogP contribution >= 0.6 is 11.6 Å². The Balaban J connectivity index is 0.000000295. The predicted octanol–water partition coefficient (Wildman–Crippen LogP) is 6.64. The number of benzene rings is 1. The van der Waals surface area contributed by atoms with E-state index >= 15 is 0 Å². The van der Waals surface area contributed by atoms with Crippen LogP contribution in [-0.2, 0) is 23.9 Å². The Labute approximate surface area is 246 Å². The van der Waals surface area contributed by atoms with E-state index in [0.717, 1.165) is 56.9 Å². The molecular weight excluding hydrogens is 581 g/mol. The molecule has 3 atom stereocenters. The summed E-state index contributed by atoms with van der Waals surface area (Å²) in [4.78, 5) is 13.3. The third-order valence-corrected chi connectivity index (χ3v) is 8.74. The van der Waals surface area contributed by atoms with E-state index in [1.807, 2.05) is 0 Å². The van der Waals surface area contributed by atoms with Gasteiger partial charge in [0.25, 0.3) is 0 Å². The number of nitrogens with two attached hydrogens (primary N) is 1. The van der Waals surface area contributed by atoms with Gasteiger partial charge in [-0.3, -0.25) is 4.90 Å². The van der Waals surface area contributed by atoms with Crippen LogP contribution in [0.15, 0.2) is 18.0 Å². The number of fused-ring (bicyclic) bond motifs is 2. The van der Waals surface area contributed by atoms with Gasteiger partial charge in [0.2, 0.25) is 0 Å². The fraction of sp³-hybridized carbons (Fsp3) is 0.586. The number of methoxy groups -OCH3 is 1. The van der Waals surface area contributed by atoms with Crippen molar-refractivity contribution in [1.29, 1.82) is 0 Å². The highest BCUT2D eigenvalue weighted by Gasteiger charge is 2.42. The quantitative estimate of drug-likeness (QED) is 0.307. The van der Waals surface area contributed by atoms with E-state index in [-0.39, 0.29) is 19.0 Å². The van der Waals surface area contributed by atoms with E-state index in [0.29, 0.717) is 29.0 Å². The van der Waals surface area contributed by atoms with Gasteiger partial charge in [-0.1, -0.05) is 18.5 Å². The molecule has 3 saturated heterocycles. The molecule has 3 fully saturated rings. The normalized spacial score (nSPS) is 25.2. The zero-order chi connectivity index (χ0) is 30.2. The number of nitrogen functional groups attached to an aromatic ring is 1. The second kappa shape index (κ2) is 12.5. The van der Waals surface area contributed by atoms with Crippen molar-refractivity contribution in [3.8, 4) is 6.01 Å². The summed E-state index contributed by atoms with van der Waals surface area (Å²) in [6.45, 7) is 5.72. The third-order valence-electron chi connectivity index (χ3n) is 8.44. The second-order valence-electron chi connectivity index (χ2n) is 11.4. The number of aromatic nitrogens is 2. The Kier molecular flexibility index (Phi) is 9.15. The number of alkyl halides is 3. The van der Waals surface area contributed by atoms with Crippen LogP contribution in [0.2, 0.25) is 5.02 Å². The summed E-state index contributed by atoms with van der Waals surface area (Å²) in [5, 5.41) is -0.677. The maximum absolute atomic E-state index is 14.9. The summed E-state index contributed by atoms with van der Waals surface area (Å²) in [6, 6.07) is 1.54. The molecule has 3 unspecified atom stereocenters. The number of anilines is 2. The van der Waals surface area contributed by atoms with E-state index in [1.54, 1.807) is 0 Å². The van der Waals surface area contributed by atoms with E-state index in [9.17, 15) is 22.0 Å². The Hall–Kier alpha value is -2.70. The summed E-state index contributed by atoms with van der Waals surface area (Å²) in [7, 11) is 1.42. The van der Waals surface area contributed by atoms with E-state index in [1.165, 1.54) is 26.5 Å². The molecule has 0 saturated carbocycles. The zero-order valence-electron chi connectivity index (χ0n) is 23.6. The maximum Gasteiger partial charge on any atom is 0.418 e. The Bertz CT molecular complexity index is 1330. The number of piperidine rings is 1. The molecule has 0 spiro atoms. The number of hydrogen-bond acceptors (Lipinski definition) is 7. The van der Waals surface area contributed by atoms with Crippen LogP contribution in [0.5, 0.6) is 6.01 Å². The molecule has 0 amide bonds. The average molecular weight is 616 g/mol. The monoisotopic (exact) mass is 615 g/mol. The van der Waals surface area contributed by atoms with Gasteiger partial charge in [0, 0.05) is 43.2 Å². The molecule has 2 aromatic rings. The topological polar surface area (TPSA) is 76.7 Å². The maximum atomic E-state index is 14.9. The van der Waals surface area contributed by atoms with Gasteiger partial charge in [-0.25, -0.2) is 8.78 Å². The Morgan fingerprint density at radius 3 is 2.60 bits per heavy atom. The molecule has 2 N–H and O–H groups in total. The largest absolute Gasteiger partial charge is 0.467 e. The van der Waals surface area contributed by atoms with Gasteiger partial charge in [0.15, 0.2) is 5.82 Å². The van der Waals surface area contributed by atoms with Gasteiger partial charge < -0.3 is 20.1 Å². The zero-order valence-corrected chi connectivity index (χ0v) is 24.4. The molecule has 13 heteroatoms. The molecular formula is C29H35ClF5N5O2. The second-order valence-corrected chi connectivity index (χ2v) is 11.8. The minimum atomic E-state index is -4.89. The van der Waals surface area contributed by atoms with Crippen LogP contribution in [0.1, 0.15) is 67.5 Å². The lowest BCUT2D eigenvalue weighted by Crippen LogP contribution is -2.36. The van der Waals surface area contributed by atoms with Crippen molar-refractivity contribution in [2.45, 2.75) is 70.4 Å². The fourth-order valence-electron chi connectivity index (χ4n) is 6.45. The Morgan fingerprint density at radius 1 is 1.17 bits per heavy atom. The minimum absolute atomic E-state index is 0.0760. The van der Waals surface area contributed by atoms with Crippen LogP contribution in [0.4, 0.5) is 33.5 Å². The molecule has 7 nitrogen and oxygen atoms in total.